The molecule has 188 valence electrons. The summed E-state index contributed by atoms with van der Waals surface area (Å²) in [4.78, 5) is 12.6. The minimum Gasteiger partial charge on any atom is -0.496 e. The van der Waals surface area contributed by atoms with E-state index in [1.807, 2.05) is 30.3 Å². The molecule has 36 heavy (non-hydrogen) atoms. The maximum Gasteiger partial charge on any atom is 0.255 e. The van der Waals surface area contributed by atoms with E-state index in [0.29, 0.717) is 34.9 Å². The summed E-state index contributed by atoms with van der Waals surface area (Å²) in [5.74, 6) is 0.690. The first-order valence-electron chi connectivity index (χ1n) is 12.0. The number of nitriles is 1. The van der Waals surface area contributed by atoms with E-state index in [9.17, 15) is 10.1 Å². The quantitative estimate of drug-likeness (QED) is 0.513. The van der Waals surface area contributed by atoms with Gasteiger partial charge in [-0.15, -0.1) is 0 Å². The number of nitrogens with two attached hydrogens (primary N) is 1. The lowest BCUT2D eigenvalue weighted by molar-refractivity contribution is -0.170. The van der Waals surface area contributed by atoms with Gasteiger partial charge in [0.05, 0.1) is 29.9 Å². The number of para-hydroxylation sites is 1. The van der Waals surface area contributed by atoms with E-state index in [2.05, 4.69) is 39.1 Å². The average Bonchev–Trinajstić information content (AvgIpc) is 3.17. The number of hydrogen-bond donors (Lipinski definition) is 2. The van der Waals surface area contributed by atoms with Crippen LogP contribution in [0.1, 0.15) is 68.1 Å². The third-order valence-corrected chi connectivity index (χ3v) is 6.44. The number of rotatable bonds is 6. The summed E-state index contributed by atoms with van der Waals surface area (Å²) < 4.78 is 13.3. The fraction of sp³-hybridized carbons (Fsp3) is 0.393. The molecule has 1 aromatic heterocycles. The molecule has 2 heterocycles. The summed E-state index contributed by atoms with van der Waals surface area (Å²) in [5, 5.41) is 17.6. The predicted octanol–water partition coefficient (Wildman–Crippen LogP) is 4.85. The van der Waals surface area contributed by atoms with Crippen LogP contribution < -0.4 is 15.8 Å². The Morgan fingerprint density at radius 1 is 1.17 bits per heavy atom. The van der Waals surface area contributed by atoms with Crippen LogP contribution in [-0.2, 0) is 11.3 Å². The van der Waals surface area contributed by atoms with Gasteiger partial charge >= 0.3 is 0 Å². The summed E-state index contributed by atoms with van der Waals surface area (Å²) in [6, 6.07) is 17.0. The molecule has 3 aromatic rings. The van der Waals surface area contributed by atoms with Gasteiger partial charge in [-0.1, -0.05) is 36.4 Å². The number of anilines is 1. The van der Waals surface area contributed by atoms with Crippen molar-refractivity contribution in [3.8, 4) is 23.1 Å². The minimum atomic E-state index is -0.326. The van der Waals surface area contributed by atoms with Gasteiger partial charge in [-0.25, -0.2) is 4.68 Å². The molecule has 8 heteroatoms. The van der Waals surface area contributed by atoms with Crippen molar-refractivity contribution in [1.29, 1.82) is 5.26 Å². The van der Waals surface area contributed by atoms with E-state index in [0.717, 1.165) is 24.0 Å². The Bertz CT molecular complexity index is 1290. The van der Waals surface area contributed by atoms with Crippen LogP contribution in [0.2, 0.25) is 0 Å². The first-order valence-corrected chi connectivity index (χ1v) is 12.0. The van der Waals surface area contributed by atoms with Crippen molar-refractivity contribution in [3.63, 3.8) is 0 Å². The lowest BCUT2D eigenvalue weighted by Crippen LogP contribution is -2.46. The van der Waals surface area contributed by atoms with Gasteiger partial charge in [0.25, 0.3) is 5.91 Å². The first kappa shape index (κ1) is 25.3. The molecular weight excluding hydrogens is 454 g/mol. The lowest BCUT2D eigenvalue weighted by atomic mass is 9.85. The fourth-order valence-corrected chi connectivity index (χ4v) is 5.14. The van der Waals surface area contributed by atoms with Crippen LogP contribution in [0.4, 0.5) is 5.82 Å². The summed E-state index contributed by atoms with van der Waals surface area (Å²) in [6.07, 6.45) is 1.49. The third kappa shape index (κ3) is 5.21. The highest BCUT2D eigenvalue weighted by atomic mass is 16.5. The SMILES string of the molecule is COc1ccccc1C(=O)NCc1ccc(-c2nn(C3CC(C)(C)OC(C)(C)C3)c(N)c2C#N)cc1. The zero-order valence-electron chi connectivity index (χ0n) is 21.5. The third-order valence-electron chi connectivity index (χ3n) is 6.44. The van der Waals surface area contributed by atoms with Crippen LogP contribution in [-0.4, -0.2) is 34.0 Å². The molecule has 1 fully saturated rings. The molecule has 1 aliphatic rings. The van der Waals surface area contributed by atoms with Gasteiger partial charge in [0.1, 0.15) is 28.9 Å². The summed E-state index contributed by atoms with van der Waals surface area (Å²) in [5.41, 5.74) is 8.90. The van der Waals surface area contributed by atoms with Gasteiger partial charge in [0.2, 0.25) is 0 Å². The second-order valence-corrected chi connectivity index (χ2v) is 10.4. The number of hydrogen-bond acceptors (Lipinski definition) is 6. The smallest absolute Gasteiger partial charge is 0.255 e. The van der Waals surface area contributed by atoms with Crippen molar-refractivity contribution in [3.05, 3.63) is 65.2 Å². The number of carbonyl (C=O) groups is 1. The van der Waals surface area contributed by atoms with Gasteiger partial charge in [0, 0.05) is 12.1 Å². The van der Waals surface area contributed by atoms with E-state index in [4.69, 9.17) is 20.3 Å². The standard InChI is InChI=1S/C28H33N5O3/c1-27(2)14-20(15-28(3,4)36-27)33-25(30)22(16-29)24(32-33)19-12-10-18(11-13-19)17-31-26(34)21-8-6-7-9-23(21)35-5/h6-13,20H,14-15,17,30H2,1-5H3,(H,31,34). The molecule has 1 aliphatic heterocycles. The van der Waals surface area contributed by atoms with Crippen molar-refractivity contribution in [2.24, 2.45) is 0 Å². The Morgan fingerprint density at radius 3 is 2.42 bits per heavy atom. The highest BCUT2D eigenvalue weighted by molar-refractivity contribution is 5.96. The van der Waals surface area contributed by atoms with Crippen LogP contribution in [0.15, 0.2) is 48.5 Å². The van der Waals surface area contributed by atoms with Crippen molar-refractivity contribution >= 4 is 11.7 Å². The lowest BCUT2D eigenvalue weighted by Gasteiger charge is -2.45. The number of nitrogens with zero attached hydrogens (tertiary/aromatic N) is 3. The number of ether oxygens (including phenoxy) is 2. The van der Waals surface area contributed by atoms with Gasteiger partial charge in [-0.05, 0) is 58.2 Å². The van der Waals surface area contributed by atoms with E-state index in [1.165, 1.54) is 7.11 Å². The normalized spacial score (nSPS) is 16.8. The Hall–Kier alpha value is -3.83. The van der Waals surface area contributed by atoms with Gasteiger partial charge < -0.3 is 20.5 Å². The first-order chi connectivity index (χ1) is 17.0. The maximum atomic E-state index is 12.6. The van der Waals surface area contributed by atoms with Gasteiger partial charge in [0.15, 0.2) is 0 Å². The Balaban J connectivity index is 1.53. The van der Waals surface area contributed by atoms with E-state index in [1.54, 1.807) is 22.9 Å². The number of benzene rings is 2. The molecule has 0 saturated carbocycles. The summed E-state index contributed by atoms with van der Waals surface area (Å²) in [7, 11) is 1.54. The summed E-state index contributed by atoms with van der Waals surface area (Å²) >= 11 is 0. The van der Waals surface area contributed by atoms with Gasteiger partial charge in [-0.3, -0.25) is 4.79 Å². The average molecular weight is 488 g/mol. The second-order valence-electron chi connectivity index (χ2n) is 10.4. The molecule has 0 radical (unpaired) electrons. The van der Waals surface area contributed by atoms with Crippen molar-refractivity contribution in [2.45, 2.75) is 64.3 Å². The Morgan fingerprint density at radius 2 is 1.81 bits per heavy atom. The molecule has 3 N–H and O–H groups in total. The van der Waals surface area contributed by atoms with Crippen LogP contribution in [0.3, 0.4) is 0 Å². The van der Waals surface area contributed by atoms with E-state index >= 15 is 0 Å². The van der Waals surface area contributed by atoms with Crippen molar-refractivity contribution in [2.75, 3.05) is 12.8 Å². The zero-order chi connectivity index (χ0) is 26.1. The molecule has 2 aromatic carbocycles. The molecule has 0 spiro atoms. The number of amides is 1. The fourth-order valence-electron chi connectivity index (χ4n) is 5.14. The van der Waals surface area contributed by atoms with Crippen LogP contribution in [0, 0.1) is 11.3 Å². The van der Waals surface area contributed by atoms with Crippen molar-refractivity contribution in [1.82, 2.24) is 15.1 Å². The Kier molecular flexibility index (Phi) is 6.79. The molecule has 0 atom stereocenters. The zero-order valence-corrected chi connectivity index (χ0v) is 21.5. The number of methoxy groups -OCH3 is 1. The molecule has 1 saturated heterocycles. The Labute approximate surface area is 212 Å². The molecule has 1 amide bonds. The van der Waals surface area contributed by atoms with Crippen LogP contribution >= 0.6 is 0 Å². The molecule has 0 aliphatic carbocycles. The number of nitrogens with one attached hydrogen (secondary N) is 1. The topological polar surface area (TPSA) is 115 Å². The highest BCUT2D eigenvalue weighted by Gasteiger charge is 2.41. The number of nitrogen functional groups attached to an aromatic ring is 1. The molecule has 0 bridgehead atoms. The number of aromatic nitrogens is 2. The van der Waals surface area contributed by atoms with Gasteiger partial charge in [-0.2, -0.15) is 10.4 Å². The molecule has 8 nitrogen and oxygen atoms in total. The van der Waals surface area contributed by atoms with E-state index < -0.39 is 0 Å². The highest BCUT2D eigenvalue weighted by Crippen LogP contribution is 2.42. The van der Waals surface area contributed by atoms with E-state index in [-0.39, 0.29) is 23.2 Å². The molecule has 4 rings (SSSR count). The minimum absolute atomic E-state index is 0.0223. The summed E-state index contributed by atoms with van der Waals surface area (Å²) in [6.45, 7) is 8.62. The second kappa shape index (κ2) is 9.67. The van der Waals surface area contributed by atoms with Crippen molar-refractivity contribution < 1.29 is 14.3 Å². The largest absolute Gasteiger partial charge is 0.496 e. The van der Waals surface area contributed by atoms with Crippen LogP contribution in [0.5, 0.6) is 5.75 Å². The molecule has 0 unspecified atom stereocenters. The molecular formula is C28H33N5O3. The maximum absolute atomic E-state index is 12.6. The number of carbonyl (C=O) groups excluding carboxylic acids is 1. The predicted molar refractivity (Wildman–Crippen MR) is 138 cm³/mol. The monoisotopic (exact) mass is 487 g/mol. The van der Waals surface area contributed by atoms with Crippen LogP contribution in [0.25, 0.3) is 11.3 Å².